The first kappa shape index (κ1) is 29.9. The van der Waals surface area contributed by atoms with Gasteiger partial charge in [-0.3, -0.25) is 0 Å². The molecule has 0 bridgehead atoms. The zero-order valence-electron chi connectivity index (χ0n) is 18.7. The van der Waals surface area contributed by atoms with Crippen molar-refractivity contribution < 1.29 is 46.5 Å². The van der Waals surface area contributed by atoms with E-state index in [1.165, 1.54) is 42.4 Å². The van der Waals surface area contributed by atoms with Crippen LogP contribution in [0.4, 0.5) is 0 Å². The molecule has 0 spiro atoms. The minimum atomic E-state index is 0. The fourth-order valence-corrected chi connectivity index (χ4v) is 7.13. The molecule has 162 valence electrons. The molecule has 30 heavy (non-hydrogen) atoms. The number of hydrogen-bond acceptors (Lipinski definition) is 0. The first-order valence-corrected chi connectivity index (χ1v) is 12.3. The molecule has 2 aromatic carbocycles. The topological polar surface area (TPSA) is 0 Å². The van der Waals surface area contributed by atoms with Crippen molar-refractivity contribution in [3.05, 3.63) is 66.6 Å². The average Bonchev–Trinajstić information content (AvgIpc) is 3.27. The van der Waals surface area contributed by atoms with Crippen LogP contribution >= 0.6 is 7.92 Å². The monoisotopic (exact) mass is 496 g/mol. The van der Waals surface area contributed by atoms with Crippen molar-refractivity contribution in [2.75, 3.05) is 12.3 Å². The van der Waals surface area contributed by atoms with Crippen molar-refractivity contribution in [3.63, 3.8) is 0 Å². The first-order valence-electron chi connectivity index (χ1n) is 10.6. The molecule has 0 amide bonds. The third-order valence-electron chi connectivity index (χ3n) is 5.35. The second-order valence-corrected chi connectivity index (χ2v) is 11.2. The Morgan fingerprint density at radius 3 is 2.30 bits per heavy atom. The van der Waals surface area contributed by atoms with Crippen LogP contribution in [0.25, 0.3) is 10.8 Å². The fourth-order valence-electron chi connectivity index (χ4n) is 4.15. The van der Waals surface area contributed by atoms with Crippen molar-refractivity contribution >= 4 is 24.0 Å². The molecule has 0 heterocycles. The van der Waals surface area contributed by atoms with Crippen LogP contribution in [0.2, 0.25) is 0 Å². The van der Waals surface area contributed by atoms with E-state index in [9.17, 15) is 0 Å². The molecule has 0 aromatic heterocycles. The molecule has 1 unspecified atom stereocenters. The summed E-state index contributed by atoms with van der Waals surface area (Å²) in [7, 11) is 0.0185. The van der Waals surface area contributed by atoms with Gasteiger partial charge in [0, 0.05) is 0 Å². The Morgan fingerprint density at radius 1 is 1.03 bits per heavy atom. The number of halogens is 2. The molecule has 0 saturated heterocycles. The Balaban J connectivity index is 0.000000597. The molecular formula is C26H35Cl2PTi. The number of benzene rings is 1. The first-order chi connectivity index (χ1) is 13.0. The van der Waals surface area contributed by atoms with Crippen LogP contribution in [0, 0.1) is 24.2 Å². The Kier molecular flexibility index (Phi) is 14.8. The van der Waals surface area contributed by atoms with Gasteiger partial charge in [-0.2, -0.15) is 6.07 Å². The SMILES string of the molecule is C1=CCC2CC[CH-]C2=C1.CC(C)CP(CC(C)C)c1cc2ccccc2[cH-]1.[Cl-].[Cl-].[Ti+4]. The fraction of sp³-hybridized carbons (Fsp3) is 0.462. The average molecular weight is 497 g/mol. The maximum atomic E-state index is 2.42. The van der Waals surface area contributed by atoms with E-state index in [2.05, 4.69) is 88.7 Å². The van der Waals surface area contributed by atoms with E-state index in [-0.39, 0.29) is 54.5 Å². The summed E-state index contributed by atoms with van der Waals surface area (Å²) in [5.41, 5.74) is 1.58. The van der Waals surface area contributed by atoms with Crippen LogP contribution in [0.1, 0.15) is 47.0 Å². The molecule has 0 aliphatic heterocycles. The molecule has 2 aliphatic rings. The zero-order valence-corrected chi connectivity index (χ0v) is 22.7. The van der Waals surface area contributed by atoms with Gasteiger partial charge in [-0.25, -0.2) is 18.1 Å². The molecule has 2 aliphatic carbocycles. The van der Waals surface area contributed by atoms with Gasteiger partial charge in [-0.1, -0.05) is 48.1 Å². The molecule has 0 N–H and O–H groups in total. The van der Waals surface area contributed by atoms with Crippen LogP contribution in [-0.2, 0) is 21.7 Å². The van der Waals surface area contributed by atoms with Gasteiger partial charge < -0.3 is 24.8 Å². The number of rotatable bonds is 5. The number of fused-ring (bicyclic) bond motifs is 2. The van der Waals surface area contributed by atoms with E-state index in [0.29, 0.717) is 0 Å². The molecule has 0 nitrogen and oxygen atoms in total. The standard InChI is InChI=1S/C17H24P.C9H11.2ClH.Ti/c1-13(2)11-18(12-14(3)4)17-9-15-7-5-6-8-16(15)10-17;1-2-5-9-7-3-6-8(9)4-1;;;/h5-10,13-14H,11-12H2,1-4H3;1-2,4,6,9H,3,5,7H2;2*1H;/q2*-1;;;+4/p-2. The van der Waals surface area contributed by atoms with Crippen LogP contribution in [0.5, 0.6) is 0 Å². The van der Waals surface area contributed by atoms with E-state index in [1.807, 2.05) is 0 Å². The van der Waals surface area contributed by atoms with Crippen LogP contribution < -0.4 is 30.1 Å². The Labute approximate surface area is 213 Å². The summed E-state index contributed by atoms with van der Waals surface area (Å²) in [5, 5.41) is 4.42. The Morgan fingerprint density at radius 2 is 1.70 bits per heavy atom. The Bertz CT molecular complexity index is 748. The summed E-state index contributed by atoms with van der Waals surface area (Å²) in [4.78, 5) is 0. The summed E-state index contributed by atoms with van der Waals surface area (Å²) in [6, 6.07) is 13.6. The Hall–Kier alpha value is -0.0957. The zero-order chi connectivity index (χ0) is 19.2. The second kappa shape index (κ2) is 14.9. The summed E-state index contributed by atoms with van der Waals surface area (Å²) in [6.45, 7) is 9.38. The van der Waals surface area contributed by atoms with E-state index < -0.39 is 0 Å². The van der Waals surface area contributed by atoms with E-state index in [1.54, 1.807) is 10.9 Å². The molecule has 1 saturated carbocycles. The maximum Gasteiger partial charge on any atom is 4.00 e. The van der Waals surface area contributed by atoms with E-state index in [4.69, 9.17) is 0 Å². The maximum absolute atomic E-state index is 2.42. The minimum Gasteiger partial charge on any atom is -1.00 e. The van der Waals surface area contributed by atoms with Crippen LogP contribution in [-0.4, -0.2) is 12.3 Å². The summed E-state index contributed by atoms with van der Waals surface area (Å²) in [6.07, 6.45) is 15.8. The number of hydrogen-bond donors (Lipinski definition) is 0. The van der Waals surface area contributed by atoms with Gasteiger partial charge in [-0.15, -0.1) is 58.9 Å². The predicted molar refractivity (Wildman–Crippen MR) is 124 cm³/mol. The summed E-state index contributed by atoms with van der Waals surface area (Å²) < 4.78 is 0. The second-order valence-electron chi connectivity index (χ2n) is 8.84. The van der Waals surface area contributed by atoms with Crippen molar-refractivity contribution in [1.82, 2.24) is 0 Å². The summed E-state index contributed by atoms with van der Waals surface area (Å²) in [5.74, 6) is 2.48. The van der Waals surface area contributed by atoms with Crippen LogP contribution in [0.3, 0.4) is 0 Å². The molecule has 0 radical (unpaired) electrons. The van der Waals surface area contributed by atoms with Gasteiger partial charge in [0.1, 0.15) is 0 Å². The van der Waals surface area contributed by atoms with Crippen molar-refractivity contribution in [1.29, 1.82) is 0 Å². The summed E-state index contributed by atoms with van der Waals surface area (Å²) >= 11 is 0. The number of allylic oxidation sites excluding steroid dienone is 4. The third-order valence-corrected chi connectivity index (χ3v) is 8.68. The van der Waals surface area contributed by atoms with E-state index in [0.717, 1.165) is 17.8 Å². The van der Waals surface area contributed by atoms with Gasteiger partial charge in [0.25, 0.3) is 0 Å². The normalized spacial score (nSPS) is 16.6. The van der Waals surface area contributed by atoms with Gasteiger partial charge in [0.15, 0.2) is 0 Å². The molecule has 4 rings (SSSR count). The molecule has 4 heteroatoms. The molecule has 1 atom stereocenters. The van der Waals surface area contributed by atoms with Crippen molar-refractivity contribution in [3.8, 4) is 0 Å². The smallest absolute Gasteiger partial charge is 1.00 e. The molecule has 1 fully saturated rings. The van der Waals surface area contributed by atoms with Gasteiger partial charge in [0.05, 0.1) is 0 Å². The van der Waals surface area contributed by atoms with Gasteiger partial charge in [-0.05, 0) is 36.5 Å². The third kappa shape index (κ3) is 8.80. The van der Waals surface area contributed by atoms with Crippen LogP contribution in [0.15, 0.2) is 60.2 Å². The van der Waals surface area contributed by atoms with Gasteiger partial charge >= 0.3 is 21.7 Å². The molecular weight excluding hydrogens is 462 g/mol. The predicted octanol–water partition coefficient (Wildman–Crippen LogP) is 1.47. The molecule has 2 aromatic rings. The van der Waals surface area contributed by atoms with E-state index >= 15 is 0 Å². The largest absolute Gasteiger partial charge is 4.00 e. The van der Waals surface area contributed by atoms with Gasteiger partial charge in [0.2, 0.25) is 0 Å². The quantitative estimate of drug-likeness (QED) is 0.334. The van der Waals surface area contributed by atoms with Crippen molar-refractivity contribution in [2.45, 2.75) is 47.0 Å². The van der Waals surface area contributed by atoms with Crippen molar-refractivity contribution in [2.24, 2.45) is 17.8 Å². The minimum absolute atomic E-state index is 0.